The van der Waals surface area contributed by atoms with Gasteiger partial charge in [0.15, 0.2) is 5.78 Å². The van der Waals surface area contributed by atoms with Crippen LogP contribution in [0.5, 0.6) is 0 Å². The highest BCUT2D eigenvalue weighted by Crippen LogP contribution is 2.41. The minimum absolute atomic E-state index is 0.0203. The summed E-state index contributed by atoms with van der Waals surface area (Å²) < 4.78 is 1.01. The lowest BCUT2D eigenvalue weighted by Crippen LogP contribution is -2.64. The molecule has 0 aromatic carbocycles. The Hall–Kier alpha value is -2.72. The van der Waals surface area contributed by atoms with Gasteiger partial charge in [0, 0.05) is 23.4 Å². The van der Waals surface area contributed by atoms with E-state index in [0.29, 0.717) is 18.7 Å². The topological polar surface area (TPSA) is 132 Å². The average molecular weight is 487 g/mol. The Labute approximate surface area is 201 Å². The quantitative estimate of drug-likeness (QED) is 0.471. The molecule has 34 heavy (non-hydrogen) atoms. The highest BCUT2D eigenvalue weighted by Gasteiger charge is 2.48. The fourth-order valence-electron chi connectivity index (χ4n) is 5.88. The van der Waals surface area contributed by atoms with Crippen molar-refractivity contribution in [3.63, 3.8) is 0 Å². The van der Waals surface area contributed by atoms with E-state index in [-0.39, 0.29) is 42.0 Å². The minimum atomic E-state index is -0.956. The molecular weight excluding hydrogens is 456 g/mol. The van der Waals surface area contributed by atoms with Gasteiger partial charge in [-0.2, -0.15) is 0 Å². The van der Waals surface area contributed by atoms with Crippen molar-refractivity contribution in [3.05, 3.63) is 22.7 Å². The number of hydrogen-bond donors (Lipinski definition) is 4. The molecule has 2 aromatic heterocycles. The van der Waals surface area contributed by atoms with Gasteiger partial charge in [-0.1, -0.05) is 0 Å². The number of aliphatic hydroxyl groups excluding tert-OH is 1. The molecule has 1 saturated carbocycles. The van der Waals surface area contributed by atoms with Crippen LogP contribution in [0.4, 0.5) is 0 Å². The molecule has 3 amide bonds. The normalized spacial score (nSPS) is 27.1. The molecule has 2 bridgehead atoms. The summed E-state index contributed by atoms with van der Waals surface area (Å²) in [6.45, 7) is 1.85. The number of piperidine rings is 2. The second-order valence-corrected chi connectivity index (χ2v) is 11.0. The molecule has 6 rings (SSSR count). The third kappa shape index (κ3) is 4.13. The Morgan fingerprint density at radius 2 is 1.97 bits per heavy atom. The maximum absolute atomic E-state index is 13.6. The van der Waals surface area contributed by atoms with E-state index in [1.54, 1.807) is 16.2 Å². The molecule has 3 aliphatic heterocycles. The highest BCUT2D eigenvalue weighted by molar-refractivity contribution is 7.19. The van der Waals surface area contributed by atoms with Crippen LogP contribution in [-0.4, -0.2) is 69.8 Å². The van der Waals surface area contributed by atoms with E-state index in [4.69, 9.17) is 0 Å². The molecule has 182 valence electrons. The number of H-pyrrole nitrogens is 1. The molecule has 4 fully saturated rings. The monoisotopic (exact) mass is 486 g/mol. The first-order valence-corrected chi connectivity index (χ1v) is 12.8. The maximum atomic E-state index is 13.6. The number of rotatable bonds is 7. The molecule has 0 radical (unpaired) electrons. The second-order valence-electron chi connectivity index (χ2n) is 9.74. The van der Waals surface area contributed by atoms with Crippen LogP contribution in [0, 0.1) is 18.8 Å². The van der Waals surface area contributed by atoms with E-state index < -0.39 is 24.5 Å². The fourth-order valence-corrected chi connectivity index (χ4v) is 6.80. The van der Waals surface area contributed by atoms with Gasteiger partial charge in [0.25, 0.3) is 5.91 Å². The number of fused-ring (bicyclic) bond motifs is 4. The predicted molar refractivity (Wildman–Crippen MR) is 126 cm³/mol. The number of hydrogen-bond acceptors (Lipinski definition) is 6. The number of ketones is 1. The summed E-state index contributed by atoms with van der Waals surface area (Å²) in [5.41, 5.74) is 1.38. The molecule has 4 aliphatic rings. The first-order valence-electron chi connectivity index (χ1n) is 12.0. The van der Waals surface area contributed by atoms with Gasteiger partial charge < -0.3 is 25.6 Å². The zero-order valence-electron chi connectivity index (χ0n) is 19.1. The van der Waals surface area contributed by atoms with Crippen molar-refractivity contribution in [3.8, 4) is 0 Å². The minimum Gasteiger partial charge on any atom is -0.389 e. The molecule has 0 spiro atoms. The largest absolute Gasteiger partial charge is 0.389 e. The summed E-state index contributed by atoms with van der Waals surface area (Å²) >= 11 is 1.61. The number of nitrogens with zero attached hydrogens (tertiary/aromatic N) is 1. The van der Waals surface area contributed by atoms with Gasteiger partial charge in [-0.25, -0.2) is 0 Å². The highest BCUT2D eigenvalue weighted by atomic mass is 32.1. The fraction of sp³-hybridized carbons (Fsp3) is 0.583. The number of carbonyl (C=O) groups is 4. The molecule has 10 heteroatoms. The third-order valence-electron chi connectivity index (χ3n) is 7.59. The lowest BCUT2D eigenvalue weighted by molar-refractivity contribution is -0.137. The average Bonchev–Trinajstić information content (AvgIpc) is 3.52. The number of nitrogens with one attached hydrogen (secondary N) is 3. The standard InChI is InChI=1S/C24H30N4O5S/c1-12-8-17-20(34-12)10-18(26-17)24(33)28-15-4-2-13(3-5-15)21(28)23(32)27-16(19(30)11-29)9-14-6-7-25-22(14)31/h8,10,13-16,21,26,29H,2-7,9,11H2,1H3,(H,25,31)(H,27,32)/t13?,14-,15?,16-,21+/m0/s1. The number of thiophene rings is 1. The zero-order valence-corrected chi connectivity index (χ0v) is 20.0. The van der Waals surface area contributed by atoms with Gasteiger partial charge in [-0.3, -0.25) is 19.2 Å². The van der Waals surface area contributed by atoms with Crippen LogP contribution < -0.4 is 10.6 Å². The van der Waals surface area contributed by atoms with Gasteiger partial charge in [0.1, 0.15) is 18.3 Å². The number of aliphatic hydroxyl groups is 1. The Morgan fingerprint density at radius 1 is 1.21 bits per heavy atom. The molecule has 4 N–H and O–H groups in total. The number of amides is 3. The van der Waals surface area contributed by atoms with E-state index >= 15 is 0 Å². The predicted octanol–water partition coefficient (Wildman–Crippen LogP) is 1.49. The number of aromatic nitrogens is 1. The van der Waals surface area contributed by atoms with Crippen LogP contribution in [0.1, 0.15) is 53.9 Å². The van der Waals surface area contributed by atoms with Crippen LogP contribution in [0.2, 0.25) is 0 Å². The number of carbonyl (C=O) groups excluding carboxylic acids is 4. The van der Waals surface area contributed by atoms with Crippen LogP contribution in [0.25, 0.3) is 10.2 Å². The van der Waals surface area contributed by atoms with E-state index in [1.807, 2.05) is 19.1 Å². The second kappa shape index (κ2) is 9.14. The van der Waals surface area contributed by atoms with Gasteiger partial charge in [0.2, 0.25) is 11.8 Å². The summed E-state index contributed by atoms with van der Waals surface area (Å²) in [5.74, 6) is -1.59. The van der Waals surface area contributed by atoms with Gasteiger partial charge in [-0.05, 0) is 63.5 Å². The Bertz CT molecular complexity index is 1100. The Kier molecular flexibility index (Phi) is 6.20. The van der Waals surface area contributed by atoms with Crippen LogP contribution in [-0.2, 0) is 14.4 Å². The summed E-state index contributed by atoms with van der Waals surface area (Å²) in [6, 6.07) is 2.21. The summed E-state index contributed by atoms with van der Waals surface area (Å²) in [5, 5.41) is 15.0. The van der Waals surface area contributed by atoms with Crippen molar-refractivity contribution in [1.29, 1.82) is 0 Å². The van der Waals surface area contributed by atoms with Crippen molar-refractivity contribution in [2.75, 3.05) is 13.2 Å². The van der Waals surface area contributed by atoms with Crippen molar-refractivity contribution in [2.45, 2.75) is 63.6 Å². The molecule has 0 unspecified atom stereocenters. The van der Waals surface area contributed by atoms with E-state index in [9.17, 15) is 24.3 Å². The summed E-state index contributed by atoms with van der Waals surface area (Å²) in [6.07, 6.45) is 4.17. The smallest absolute Gasteiger partial charge is 0.271 e. The van der Waals surface area contributed by atoms with Crippen LogP contribution in [0.3, 0.4) is 0 Å². The maximum Gasteiger partial charge on any atom is 0.271 e. The van der Waals surface area contributed by atoms with Crippen molar-refractivity contribution in [2.24, 2.45) is 11.8 Å². The van der Waals surface area contributed by atoms with Crippen LogP contribution >= 0.6 is 11.3 Å². The molecule has 3 saturated heterocycles. The molecule has 5 heterocycles. The van der Waals surface area contributed by atoms with Crippen LogP contribution in [0.15, 0.2) is 12.1 Å². The zero-order chi connectivity index (χ0) is 24.0. The van der Waals surface area contributed by atoms with E-state index in [1.165, 1.54) is 0 Å². The molecule has 9 nitrogen and oxygen atoms in total. The molecule has 2 aromatic rings. The summed E-state index contributed by atoms with van der Waals surface area (Å²) in [7, 11) is 0. The van der Waals surface area contributed by atoms with Gasteiger partial charge in [0.05, 0.1) is 16.3 Å². The molecular formula is C24H30N4O5S. The lowest BCUT2D eigenvalue weighted by atomic mass is 9.74. The number of aryl methyl sites for hydroxylation is 1. The van der Waals surface area contributed by atoms with Gasteiger partial charge >= 0.3 is 0 Å². The SMILES string of the molecule is Cc1cc2[nH]c(C(=O)N3C4CCC(CC4)[C@@H]3C(=O)N[C@@H](C[C@@H]3CCNC3=O)C(=O)CO)cc2s1. The first kappa shape index (κ1) is 23.0. The van der Waals surface area contributed by atoms with E-state index in [2.05, 4.69) is 15.6 Å². The first-order chi connectivity index (χ1) is 16.4. The number of aromatic amines is 1. The third-order valence-corrected chi connectivity index (χ3v) is 8.58. The van der Waals surface area contributed by atoms with E-state index in [0.717, 1.165) is 40.8 Å². The molecule has 1 aliphatic carbocycles. The summed E-state index contributed by atoms with van der Waals surface area (Å²) in [4.78, 5) is 57.7. The Morgan fingerprint density at radius 3 is 2.62 bits per heavy atom. The van der Waals surface area contributed by atoms with Gasteiger partial charge in [-0.15, -0.1) is 11.3 Å². The lowest BCUT2D eigenvalue weighted by Gasteiger charge is -2.50. The van der Waals surface area contributed by atoms with Crippen molar-refractivity contribution in [1.82, 2.24) is 20.5 Å². The van der Waals surface area contributed by atoms with Crippen molar-refractivity contribution >= 4 is 45.1 Å². The Balaban J connectivity index is 1.38. The molecule has 3 atom stereocenters. The number of Topliss-reactive ketones (excluding diaryl/α,β-unsaturated/α-hetero) is 1. The van der Waals surface area contributed by atoms with Crippen molar-refractivity contribution < 1.29 is 24.3 Å².